The van der Waals surface area contributed by atoms with Gasteiger partial charge in [-0.15, -0.1) is 0 Å². The lowest BCUT2D eigenvalue weighted by Crippen LogP contribution is -2.45. The van der Waals surface area contributed by atoms with Gasteiger partial charge in [-0.3, -0.25) is 4.90 Å². The van der Waals surface area contributed by atoms with Gasteiger partial charge in [0, 0.05) is 25.7 Å². The lowest BCUT2D eigenvalue weighted by Gasteiger charge is -2.20. The standard InChI is InChI=1S/C18H24F6N4O/c1-3-25-16(27-13-6-7-28(10-13)11-17(19,20)21)26-9-12-4-5-14(29-2)8-15(12)18(22,23)24/h4-5,8,13H,3,6-7,9-11H2,1-2H3,(H2,25,26,27). The van der Waals surface area contributed by atoms with E-state index in [1.807, 2.05) is 0 Å². The summed E-state index contributed by atoms with van der Waals surface area (Å²) in [5, 5.41) is 5.92. The van der Waals surface area contributed by atoms with Crippen LogP contribution in [0.1, 0.15) is 24.5 Å². The molecule has 1 atom stereocenters. The Balaban J connectivity index is 2.08. The summed E-state index contributed by atoms with van der Waals surface area (Å²) in [6, 6.07) is 3.37. The zero-order valence-electron chi connectivity index (χ0n) is 16.1. The number of halogens is 6. The van der Waals surface area contributed by atoms with Crippen molar-refractivity contribution in [2.24, 2.45) is 4.99 Å². The summed E-state index contributed by atoms with van der Waals surface area (Å²) in [5.74, 6) is 0.348. The molecule has 2 N–H and O–H groups in total. The van der Waals surface area contributed by atoms with Gasteiger partial charge in [-0.1, -0.05) is 6.07 Å². The molecule has 1 fully saturated rings. The second kappa shape index (κ2) is 9.55. The molecule has 11 heteroatoms. The molecular weight excluding hydrogens is 402 g/mol. The number of likely N-dealkylation sites (tertiary alicyclic amines) is 1. The van der Waals surface area contributed by atoms with Gasteiger partial charge in [0.15, 0.2) is 5.96 Å². The minimum absolute atomic E-state index is 0.0272. The van der Waals surface area contributed by atoms with Crippen LogP contribution in [0.25, 0.3) is 0 Å². The molecule has 1 aromatic rings. The van der Waals surface area contributed by atoms with Crippen molar-refractivity contribution >= 4 is 5.96 Å². The number of ether oxygens (including phenoxy) is 1. The summed E-state index contributed by atoms with van der Waals surface area (Å²) in [5.41, 5.74) is -0.866. The van der Waals surface area contributed by atoms with Gasteiger partial charge in [-0.05, 0) is 31.0 Å². The molecular formula is C18H24F6N4O. The molecule has 0 spiro atoms. The molecule has 29 heavy (non-hydrogen) atoms. The Morgan fingerprint density at radius 1 is 1.24 bits per heavy atom. The van der Waals surface area contributed by atoms with Crippen LogP contribution in [0.2, 0.25) is 0 Å². The minimum atomic E-state index is -4.56. The van der Waals surface area contributed by atoms with Crippen LogP contribution in [0.3, 0.4) is 0 Å². The van der Waals surface area contributed by atoms with Gasteiger partial charge in [-0.25, -0.2) is 4.99 Å². The zero-order valence-corrected chi connectivity index (χ0v) is 16.1. The van der Waals surface area contributed by atoms with E-state index in [9.17, 15) is 26.3 Å². The Morgan fingerprint density at radius 2 is 1.97 bits per heavy atom. The Hall–Kier alpha value is -2.17. The predicted octanol–water partition coefficient (Wildman–Crippen LogP) is 3.41. The summed E-state index contributed by atoms with van der Waals surface area (Å²) in [4.78, 5) is 5.47. The Kier molecular flexibility index (Phi) is 7.61. The van der Waals surface area contributed by atoms with Gasteiger partial charge in [0.25, 0.3) is 0 Å². The van der Waals surface area contributed by atoms with Gasteiger partial charge in [0.1, 0.15) is 5.75 Å². The first-order valence-corrected chi connectivity index (χ1v) is 9.10. The lowest BCUT2D eigenvalue weighted by molar-refractivity contribution is -0.143. The van der Waals surface area contributed by atoms with Crippen LogP contribution in [0.4, 0.5) is 26.3 Å². The molecule has 1 aliphatic heterocycles. The van der Waals surface area contributed by atoms with Gasteiger partial charge in [0.2, 0.25) is 0 Å². The van der Waals surface area contributed by atoms with E-state index in [0.29, 0.717) is 13.0 Å². The van der Waals surface area contributed by atoms with Crippen LogP contribution >= 0.6 is 0 Å². The van der Waals surface area contributed by atoms with Crippen molar-refractivity contribution in [3.8, 4) is 5.75 Å². The van der Waals surface area contributed by atoms with Crippen LogP contribution in [-0.2, 0) is 12.7 Å². The van der Waals surface area contributed by atoms with Crippen LogP contribution in [-0.4, -0.2) is 56.4 Å². The maximum Gasteiger partial charge on any atom is 0.416 e. The highest BCUT2D eigenvalue weighted by Crippen LogP contribution is 2.34. The first-order chi connectivity index (χ1) is 13.5. The first-order valence-electron chi connectivity index (χ1n) is 9.10. The smallest absolute Gasteiger partial charge is 0.416 e. The van der Waals surface area contributed by atoms with Crippen molar-refractivity contribution in [2.45, 2.75) is 38.3 Å². The maximum atomic E-state index is 13.3. The molecule has 0 radical (unpaired) electrons. The van der Waals surface area contributed by atoms with E-state index < -0.39 is 24.5 Å². The molecule has 1 saturated heterocycles. The second-order valence-corrected chi connectivity index (χ2v) is 6.70. The molecule has 0 aromatic heterocycles. The monoisotopic (exact) mass is 426 g/mol. The number of alkyl halides is 6. The van der Waals surface area contributed by atoms with E-state index in [-0.39, 0.29) is 42.9 Å². The van der Waals surface area contributed by atoms with Gasteiger partial charge < -0.3 is 15.4 Å². The van der Waals surface area contributed by atoms with Crippen molar-refractivity contribution in [2.75, 3.05) is 33.3 Å². The van der Waals surface area contributed by atoms with Crippen LogP contribution in [0.15, 0.2) is 23.2 Å². The highest BCUT2D eigenvalue weighted by atomic mass is 19.4. The highest BCUT2D eigenvalue weighted by Gasteiger charge is 2.35. The normalized spacial score (nSPS) is 18.8. The van der Waals surface area contributed by atoms with E-state index in [2.05, 4.69) is 15.6 Å². The number of nitrogens with zero attached hydrogens (tertiary/aromatic N) is 2. The number of nitrogens with one attached hydrogen (secondary N) is 2. The summed E-state index contributed by atoms with van der Waals surface area (Å²) < 4.78 is 82.3. The van der Waals surface area contributed by atoms with Crippen molar-refractivity contribution in [3.05, 3.63) is 29.3 Å². The largest absolute Gasteiger partial charge is 0.497 e. The predicted molar refractivity (Wildman–Crippen MR) is 96.8 cm³/mol. The molecule has 1 aliphatic rings. The fourth-order valence-electron chi connectivity index (χ4n) is 3.11. The number of hydrogen-bond acceptors (Lipinski definition) is 3. The number of methoxy groups -OCH3 is 1. The summed E-state index contributed by atoms with van der Waals surface area (Å²) in [6.07, 6.45) is -8.35. The molecule has 1 aromatic carbocycles. The van der Waals surface area contributed by atoms with Crippen molar-refractivity contribution in [1.82, 2.24) is 15.5 Å². The third-order valence-electron chi connectivity index (χ3n) is 4.39. The van der Waals surface area contributed by atoms with Crippen molar-refractivity contribution in [1.29, 1.82) is 0 Å². The molecule has 2 rings (SSSR count). The number of guanidine groups is 1. The second-order valence-electron chi connectivity index (χ2n) is 6.70. The lowest BCUT2D eigenvalue weighted by atomic mass is 10.1. The van der Waals surface area contributed by atoms with E-state index in [0.717, 1.165) is 6.07 Å². The number of aliphatic imine (C=N–C) groups is 1. The molecule has 0 bridgehead atoms. The van der Waals surface area contributed by atoms with Crippen molar-refractivity contribution in [3.63, 3.8) is 0 Å². The fraction of sp³-hybridized carbons (Fsp3) is 0.611. The Labute approximate surface area is 165 Å². The topological polar surface area (TPSA) is 48.9 Å². The third kappa shape index (κ3) is 7.30. The summed E-state index contributed by atoms with van der Waals surface area (Å²) in [6.45, 7) is 1.48. The summed E-state index contributed by atoms with van der Waals surface area (Å²) >= 11 is 0. The average molecular weight is 426 g/mol. The van der Waals surface area contributed by atoms with Crippen LogP contribution < -0.4 is 15.4 Å². The molecule has 164 valence electrons. The molecule has 0 amide bonds. The quantitative estimate of drug-likeness (QED) is 0.416. The minimum Gasteiger partial charge on any atom is -0.497 e. The number of rotatable bonds is 6. The van der Waals surface area contributed by atoms with Crippen LogP contribution in [0, 0.1) is 0 Å². The maximum absolute atomic E-state index is 13.3. The SMILES string of the molecule is CCNC(=NCc1ccc(OC)cc1C(F)(F)F)NC1CCN(CC(F)(F)F)C1. The van der Waals surface area contributed by atoms with E-state index >= 15 is 0 Å². The van der Waals surface area contributed by atoms with E-state index in [4.69, 9.17) is 4.74 Å². The zero-order chi connectivity index (χ0) is 21.7. The highest BCUT2D eigenvalue weighted by molar-refractivity contribution is 5.80. The average Bonchev–Trinajstić information content (AvgIpc) is 3.03. The third-order valence-corrected chi connectivity index (χ3v) is 4.39. The number of hydrogen-bond donors (Lipinski definition) is 2. The fourth-order valence-corrected chi connectivity index (χ4v) is 3.11. The molecule has 0 aliphatic carbocycles. The number of benzene rings is 1. The van der Waals surface area contributed by atoms with Gasteiger partial charge in [0.05, 0.1) is 25.8 Å². The molecule has 0 saturated carbocycles. The molecule has 1 unspecified atom stereocenters. The summed E-state index contributed by atoms with van der Waals surface area (Å²) in [7, 11) is 1.28. The van der Waals surface area contributed by atoms with Gasteiger partial charge >= 0.3 is 12.4 Å². The Bertz CT molecular complexity index is 705. The van der Waals surface area contributed by atoms with Crippen molar-refractivity contribution < 1.29 is 31.1 Å². The molecule has 5 nitrogen and oxygen atoms in total. The first kappa shape index (κ1) is 23.1. The molecule has 1 heterocycles. The van der Waals surface area contributed by atoms with E-state index in [1.54, 1.807) is 6.92 Å². The van der Waals surface area contributed by atoms with Crippen LogP contribution in [0.5, 0.6) is 5.75 Å². The van der Waals surface area contributed by atoms with Gasteiger partial charge in [-0.2, -0.15) is 26.3 Å². The van der Waals surface area contributed by atoms with E-state index in [1.165, 1.54) is 24.1 Å². The Morgan fingerprint density at radius 3 is 2.55 bits per heavy atom.